The van der Waals surface area contributed by atoms with Gasteiger partial charge in [-0.3, -0.25) is 19.1 Å². The highest BCUT2D eigenvalue weighted by atomic mass is 32.2. The van der Waals surface area contributed by atoms with Gasteiger partial charge in [0.05, 0.1) is 41.1 Å². The van der Waals surface area contributed by atoms with Gasteiger partial charge in [-0.25, -0.2) is 22.8 Å². The van der Waals surface area contributed by atoms with Crippen molar-refractivity contribution in [1.29, 1.82) is 0 Å². The van der Waals surface area contributed by atoms with Crippen molar-refractivity contribution in [2.45, 2.75) is 121 Å². The molecule has 0 unspecified atom stereocenters. The van der Waals surface area contributed by atoms with Crippen molar-refractivity contribution in [3.63, 3.8) is 0 Å². The molecular formula is C47H55FN4O7S2. The molecule has 1 N–H and O–H groups in total. The highest BCUT2D eigenvalue weighted by Gasteiger charge is 2.62. The average molecular weight is 871 g/mol. The van der Waals surface area contributed by atoms with Crippen LogP contribution in [0.4, 0.5) is 4.39 Å². The third kappa shape index (κ3) is 8.71. The lowest BCUT2D eigenvalue weighted by atomic mass is 9.90. The van der Waals surface area contributed by atoms with Gasteiger partial charge in [-0.05, 0) is 100 Å². The number of halogens is 1. The fourth-order valence-corrected chi connectivity index (χ4v) is 11.3. The van der Waals surface area contributed by atoms with Crippen LogP contribution >= 0.6 is 11.3 Å². The second kappa shape index (κ2) is 16.9. The standard InChI is InChI=1S/C47H55FN4O7S2/c1-28(2)37-27-60-43(50-37)36-23-41(35-16-17-40(58-5)29(3)42(35)49-36)59-34-22-38-39(53)25-47(45(55)51-61(56,57)46(4)18-19-46)24-32(47)14-10-8-6-7-9-13-31(44(54)52(38)26-34)20-30-12-11-15-33(48)21-30/h10-12,14-17,21,23,27-28,31-32,34,38H,6-9,13,18-20,22,24-26H2,1-5H3,(H,51,55)/b14-10-/t31-,32+,34-,38+,47-/m1/s1. The topological polar surface area (TPSA) is 145 Å². The van der Waals surface area contributed by atoms with Crippen LogP contribution in [0.1, 0.15) is 108 Å². The number of sulfonamides is 1. The molecule has 2 aliphatic heterocycles. The number of carbonyl (C=O) groups is 3. The summed E-state index contributed by atoms with van der Waals surface area (Å²) >= 11 is 1.50. The van der Waals surface area contributed by atoms with E-state index in [9.17, 15) is 27.2 Å². The third-order valence-electron chi connectivity index (χ3n) is 13.3. The number of allylic oxidation sites excluding steroid dienone is 2. The monoisotopic (exact) mass is 870 g/mol. The zero-order valence-corrected chi connectivity index (χ0v) is 37.2. The molecule has 4 aliphatic rings. The first kappa shape index (κ1) is 43.0. The fourth-order valence-electron chi connectivity index (χ4n) is 9.02. The summed E-state index contributed by atoms with van der Waals surface area (Å²) in [5, 5.41) is 3.50. The largest absolute Gasteiger partial charge is 0.496 e. The van der Waals surface area contributed by atoms with Crippen molar-refractivity contribution >= 4 is 49.9 Å². The molecule has 1 saturated heterocycles. The van der Waals surface area contributed by atoms with E-state index in [4.69, 9.17) is 19.4 Å². The summed E-state index contributed by atoms with van der Waals surface area (Å²) in [6.45, 7) is 7.84. The van der Waals surface area contributed by atoms with Gasteiger partial charge in [0, 0.05) is 41.2 Å². The molecule has 11 nitrogen and oxygen atoms in total. The number of thiazole rings is 1. The predicted octanol–water partition coefficient (Wildman–Crippen LogP) is 8.63. The van der Waals surface area contributed by atoms with Gasteiger partial charge in [0.25, 0.3) is 0 Å². The molecule has 3 fully saturated rings. The average Bonchev–Trinajstić information content (AvgIpc) is 3.99. The Labute approximate surface area is 361 Å². The quantitative estimate of drug-likeness (QED) is 0.155. The SMILES string of the molecule is COc1ccc2c(O[C@@H]3C[C@H]4C(=O)C[C@]5(C(=O)NS(=O)(=O)C6(C)CC6)C[C@@H]5/C=C\CCCCC[C@H](Cc5cccc(F)c5)C(=O)N4C3)cc(-c3nc(C(C)C)cs3)nc2c1C. The van der Waals surface area contributed by atoms with Crippen molar-refractivity contribution < 1.29 is 36.7 Å². The number of nitrogens with zero attached hydrogens (tertiary/aromatic N) is 3. The number of hydrogen-bond acceptors (Lipinski definition) is 10. The van der Waals surface area contributed by atoms with E-state index in [-0.39, 0.29) is 48.7 Å². The van der Waals surface area contributed by atoms with E-state index in [1.54, 1.807) is 25.0 Å². The number of carbonyl (C=O) groups excluding carboxylic acids is 3. The number of methoxy groups -OCH3 is 1. The van der Waals surface area contributed by atoms with E-state index < -0.39 is 44.2 Å². The molecule has 14 heteroatoms. The Kier molecular flexibility index (Phi) is 11.9. The van der Waals surface area contributed by atoms with Crippen molar-refractivity contribution in [1.82, 2.24) is 19.6 Å². The van der Waals surface area contributed by atoms with Crippen molar-refractivity contribution in [2.75, 3.05) is 13.7 Å². The first-order chi connectivity index (χ1) is 29.1. The molecule has 4 heterocycles. The molecule has 0 spiro atoms. The number of amides is 2. The Morgan fingerprint density at radius 3 is 2.61 bits per heavy atom. The Morgan fingerprint density at radius 2 is 1.89 bits per heavy atom. The summed E-state index contributed by atoms with van der Waals surface area (Å²) in [5.41, 5.74) is 2.53. The molecule has 2 aliphatic carbocycles. The number of fused-ring (bicyclic) bond motifs is 3. The molecule has 0 bridgehead atoms. The molecule has 2 aromatic carbocycles. The Morgan fingerprint density at radius 1 is 1.08 bits per heavy atom. The van der Waals surface area contributed by atoms with Crippen LogP contribution in [0.2, 0.25) is 0 Å². The fraction of sp³-hybridized carbons (Fsp3) is 0.511. The minimum atomic E-state index is -3.95. The van der Waals surface area contributed by atoms with Gasteiger partial charge in [0.2, 0.25) is 21.8 Å². The molecule has 2 amide bonds. The van der Waals surface area contributed by atoms with Gasteiger partial charge in [-0.1, -0.05) is 51.0 Å². The third-order valence-corrected chi connectivity index (χ3v) is 16.4. The number of Topliss-reactive ketones (excluding diaryl/α,β-unsaturated/α-hetero) is 1. The normalized spacial score (nSPS) is 25.9. The molecule has 324 valence electrons. The van der Waals surface area contributed by atoms with Crippen molar-refractivity contribution in [3.05, 3.63) is 82.6 Å². The molecule has 0 radical (unpaired) electrons. The summed E-state index contributed by atoms with van der Waals surface area (Å²) in [4.78, 5) is 55.4. The molecule has 2 saturated carbocycles. The zero-order valence-electron chi connectivity index (χ0n) is 35.5. The number of ether oxygens (including phenoxy) is 2. The van der Waals surface area contributed by atoms with Crippen LogP contribution in [0.25, 0.3) is 21.6 Å². The molecular weight excluding hydrogens is 816 g/mol. The van der Waals surface area contributed by atoms with Gasteiger partial charge in [-0.15, -0.1) is 11.3 Å². The van der Waals surface area contributed by atoms with E-state index in [0.717, 1.165) is 47.3 Å². The van der Waals surface area contributed by atoms with E-state index in [0.29, 0.717) is 60.4 Å². The van der Waals surface area contributed by atoms with Crippen molar-refractivity contribution in [3.8, 4) is 22.2 Å². The van der Waals surface area contributed by atoms with Crippen LogP contribution < -0.4 is 14.2 Å². The highest BCUT2D eigenvalue weighted by molar-refractivity contribution is 7.91. The maximum atomic E-state index is 15.0. The van der Waals surface area contributed by atoms with Crippen molar-refractivity contribution in [2.24, 2.45) is 17.3 Å². The Hall–Kier alpha value is -4.69. The Balaban J connectivity index is 1.15. The lowest BCUT2D eigenvalue weighted by molar-refractivity contribution is -0.142. The number of benzene rings is 2. The smallest absolute Gasteiger partial charge is 0.240 e. The molecule has 2 aromatic heterocycles. The number of rotatable bonds is 10. The Bertz CT molecular complexity index is 2500. The second-order valence-corrected chi connectivity index (χ2v) is 21.2. The summed E-state index contributed by atoms with van der Waals surface area (Å²) in [6.07, 6.45) is 8.68. The van der Waals surface area contributed by atoms with Gasteiger partial charge in [-0.2, -0.15) is 0 Å². The van der Waals surface area contributed by atoms with Crippen LogP contribution in [0.3, 0.4) is 0 Å². The lowest BCUT2D eigenvalue weighted by Crippen LogP contribution is -2.47. The summed E-state index contributed by atoms with van der Waals surface area (Å²) < 4.78 is 55.0. The van der Waals surface area contributed by atoms with Crippen LogP contribution in [-0.2, 0) is 30.8 Å². The number of ketones is 1. The summed E-state index contributed by atoms with van der Waals surface area (Å²) in [5.74, 6) is -1.00. The number of aryl methyl sites for hydroxylation is 1. The summed E-state index contributed by atoms with van der Waals surface area (Å²) in [7, 11) is -2.34. The van der Waals surface area contributed by atoms with Crippen LogP contribution in [0.5, 0.6) is 11.5 Å². The second-order valence-electron chi connectivity index (χ2n) is 18.1. The minimum Gasteiger partial charge on any atom is -0.496 e. The van der Waals surface area contributed by atoms with Gasteiger partial charge < -0.3 is 14.4 Å². The van der Waals surface area contributed by atoms with Gasteiger partial charge in [0.15, 0.2) is 5.78 Å². The first-order valence-corrected chi connectivity index (χ1v) is 23.9. The maximum Gasteiger partial charge on any atom is 0.240 e. The zero-order chi connectivity index (χ0) is 43.3. The van der Waals surface area contributed by atoms with E-state index in [1.165, 1.54) is 23.5 Å². The number of hydrogen-bond donors (Lipinski definition) is 1. The van der Waals surface area contributed by atoms with Gasteiger partial charge in [0.1, 0.15) is 34.1 Å². The van der Waals surface area contributed by atoms with E-state index in [2.05, 4.69) is 18.6 Å². The molecule has 4 aromatic rings. The van der Waals surface area contributed by atoms with Crippen LogP contribution in [0, 0.1) is 30.0 Å². The molecule has 5 atom stereocenters. The van der Waals surface area contributed by atoms with Crippen LogP contribution in [-0.4, -0.2) is 71.4 Å². The van der Waals surface area contributed by atoms with Crippen LogP contribution in [0.15, 0.2) is 60.0 Å². The van der Waals surface area contributed by atoms with E-state index in [1.807, 2.05) is 48.7 Å². The number of pyridine rings is 1. The lowest BCUT2D eigenvalue weighted by Gasteiger charge is -2.29. The number of aromatic nitrogens is 2. The minimum absolute atomic E-state index is 0.104. The first-order valence-electron chi connectivity index (χ1n) is 21.5. The predicted molar refractivity (Wildman–Crippen MR) is 233 cm³/mol. The van der Waals surface area contributed by atoms with Gasteiger partial charge >= 0.3 is 0 Å². The highest BCUT2D eigenvalue weighted by Crippen LogP contribution is 2.58. The molecule has 61 heavy (non-hydrogen) atoms. The summed E-state index contributed by atoms with van der Waals surface area (Å²) in [6, 6.07) is 11.0. The number of nitrogens with one attached hydrogen (secondary N) is 1. The maximum absolute atomic E-state index is 15.0. The van der Waals surface area contributed by atoms with E-state index >= 15 is 0 Å². The molecule has 8 rings (SSSR count).